The van der Waals surface area contributed by atoms with Crippen LogP contribution in [-0.2, 0) is 14.3 Å². The van der Waals surface area contributed by atoms with Crippen molar-refractivity contribution < 1.29 is 39.8 Å². The average molecular weight is 942 g/mol. The number of aliphatic hydroxyl groups is 5. The first kappa shape index (κ1) is 62.6. The standard InChI is InChI=1S/C58H103NO8/c1-3-5-7-9-11-13-15-17-19-21-23-25-26-28-29-31-33-35-37-39-41-43-45-47-52(61)51(50-66-58-57(65)56(64)55(63)53(49-60)67-58)59-54(62)48-46-44-42-40-38-36-34-32-30-27-24-22-20-18-16-14-12-10-8-6-4-2/h6,8,12,14,18,20,24,27,37,39,45,47,51-53,55-58,60-61,63-65H,3-5,7,9-11,13,15-17,19,21-23,25-26,28-36,38,40-44,46,48-50H2,1-2H3,(H,59,62)/b8-6-,14-12-,20-18-,27-24-,39-37+,47-45+. The zero-order valence-electron chi connectivity index (χ0n) is 42.9. The van der Waals surface area contributed by atoms with Crippen molar-refractivity contribution in [1.82, 2.24) is 5.32 Å². The molecule has 1 aliphatic heterocycles. The quantitative estimate of drug-likeness (QED) is 0.0261. The average Bonchev–Trinajstić information content (AvgIpc) is 3.33. The number of amides is 1. The number of unbranched alkanes of at least 4 members (excludes halogenated alkanes) is 26. The molecular weight excluding hydrogens is 839 g/mol. The number of hydrogen-bond donors (Lipinski definition) is 6. The minimum Gasteiger partial charge on any atom is -0.394 e. The van der Waals surface area contributed by atoms with Crippen molar-refractivity contribution in [1.29, 1.82) is 0 Å². The second-order valence-corrected chi connectivity index (χ2v) is 19.0. The molecular formula is C58H103NO8. The Kier molecular flexibility index (Phi) is 44.2. The van der Waals surface area contributed by atoms with Crippen molar-refractivity contribution >= 4 is 5.91 Å². The molecule has 0 aromatic heterocycles. The SMILES string of the molecule is CC/C=C\C/C=C\C/C=C\C/C=C\CCCCCCCCCCC(=O)NC(COC1OC(CO)C(O)C(O)C1O)C(O)/C=C/CC/C=C/CCCCCCCCCCCCCCCCCCC. The van der Waals surface area contributed by atoms with E-state index in [1.54, 1.807) is 6.08 Å². The molecule has 7 atom stereocenters. The number of ether oxygens (including phenoxy) is 2. The number of allylic oxidation sites excluding steroid dienone is 11. The molecule has 9 heteroatoms. The molecule has 0 aromatic carbocycles. The molecule has 388 valence electrons. The highest BCUT2D eigenvalue weighted by Gasteiger charge is 2.44. The van der Waals surface area contributed by atoms with E-state index in [2.05, 4.69) is 79.9 Å². The summed E-state index contributed by atoms with van der Waals surface area (Å²) < 4.78 is 11.2. The fraction of sp³-hybridized carbons (Fsp3) is 0.776. The normalized spacial score (nSPS) is 20.3. The van der Waals surface area contributed by atoms with Crippen LogP contribution in [0.15, 0.2) is 72.9 Å². The summed E-state index contributed by atoms with van der Waals surface area (Å²) in [5.41, 5.74) is 0. The van der Waals surface area contributed by atoms with Gasteiger partial charge in [-0.3, -0.25) is 4.79 Å². The van der Waals surface area contributed by atoms with Crippen molar-refractivity contribution in [3.05, 3.63) is 72.9 Å². The third-order valence-electron chi connectivity index (χ3n) is 12.8. The maximum absolute atomic E-state index is 13.0. The van der Waals surface area contributed by atoms with Crippen LogP contribution in [0, 0.1) is 0 Å². The summed E-state index contributed by atoms with van der Waals surface area (Å²) in [6, 6.07) is -0.831. The van der Waals surface area contributed by atoms with Gasteiger partial charge in [-0.15, -0.1) is 0 Å². The molecule has 0 radical (unpaired) electrons. The highest BCUT2D eigenvalue weighted by molar-refractivity contribution is 5.76. The lowest BCUT2D eigenvalue weighted by atomic mass is 9.99. The molecule has 0 aliphatic carbocycles. The third kappa shape index (κ3) is 37.2. The maximum atomic E-state index is 13.0. The van der Waals surface area contributed by atoms with Gasteiger partial charge in [-0.2, -0.15) is 0 Å². The third-order valence-corrected chi connectivity index (χ3v) is 12.8. The number of carbonyl (C=O) groups excluding carboxylic acids is 1. The molecule has 0 spiro atoms. The summed E-state index contributed by atoms with van der Waals surface area (Å²) in [5.74, 6) is -0.196. The van der Waals surface area contributed by atoms with E-state index in [1.165, 1.54) is 135 Å². The topological polar surface area (TPSA) is 149 Å². The number of nitrogens with one attached hydrogen (secondary N) is 1. The Morgan fingerprint density at radius 1 is 0.522 bits per heavy atom. The largest absolute Gasteiger partial charge is 0.394 e. The molecule has 1 saturated heterocycles. The molecule has 9 nitrogen and oxygen atoms in total. The van der Waals surface area contributed by atoms with Gasteiger partial charge in [0.2, 0.25) is 5.91 Å². The minimum atomic E-state index is -1.58. The number of aliphatic hydroxyl groups excluding tert-OH is 5. The zero-order valence-corrected chi connectivity index (χ0v) is 42.9. The highest BCUT2D eigenvalue weighted by Crippen LogP contribution is 2.23. The Hall–Kier alpha value is -2.37. The van der Waals surface area contributed by atoms with Gasteiger partial charge in [0.15, 0.2) is 6.29 Å². The maximum Gasteiger partial charge on any atom is 0.220 e. The first-order valence-corrected chi connectivity index (χ1v) is 27.7. The number of hydrogen-bond acceptors (Lipinski definition) is 8. The molecule has 67 heavy (non-hydrogen) atoms. The van der Waals surface area contributed by atoms with E-state index in [0.717, 1.165) is 77.0 Å². The van der Waals surface area contributed by atoms with Crippen LogP contribution in [0.3, 0.4) is 0 Å². The second kappa shape index (κ2) is 47.3. The Morgan fingerprint density at radius 3 is 1.43 bits per heavy atom. The number of carbonyl (C=O) groups is 1. The predicted molar refractivity (Wildman–Crippen MR) is 281 cm³/mol. The van der Waals surface area contributed by atoms with Gasteiger partial charge in [0, 0.05) is 6.42 Å². The Bertz CT molecular complexity index is 1280. The first-order valence-electron chi connectivity index (χ1n) is 27.7. The van der Waals surface area contributed by atoms with Gasteiger partial charge >= 0.3 is 0 Å². The molecule has 6 N–H and O–H groups in total. The van der Waals surface area contributed by atoms with Crippen LogP contribution in [-0.4, -0.2) is 87.5 Å². The van der Waals surface area contributed by atoms with Gasteiger partial charge in [-0.25, -0.2) is 0 Å². The van der Waals surface area contributed by atoms with Gasteiger partial charge in [0.05, 0.1) is 25.4 Å². The van der Waals surface area contributed by atoms with Gasteiger partial charge in [0.25, 0.3) is 0 Å². The molecule has 1 amide bonds. The smallest absolute Gasteiger partial charge is 0.220 e. The molecule has 0 aromatic rings. The lowest BCUT2D eigenvalue weighted by molar-refractivity contribution is -0.302. The van der Waals surface area contributed by atoms with Crippen LogP contribution in [0.4, 0.5) is 0 Å². The molecule has 0 bridgehead atoms. The molecule has 7 unspecified atom stereocenters. The summed E-state index contributed by atoms with van der Waals surface area (Å²) in [4.78, 5) is 13.0. The molecule has 1 heterocycles. The van der Waals surface area contributed by atoms with Crippen LogP contribution in [0.1, 0.15) is 232 Å². The summed E-state index contributed by atoms with van der Waals surface area (Å²) in [6.07, 6.45) is 58.1. The van der Waals surface area contributed by atoms with E-state index in [1.807, 2.05) is 6.08 Å². The van der Waals surface area contributed by atoms with Crippen LogP contribution >= 0.6 is 0 Å². The number of rotatable bonds is 46. The molecule has 0 saturated carbocycles. The van der Waals surface area contributed by atoms with Crippen LogP contribution in [0.25, 0.3) is 0 Å². The Balaban J connectivity index is 2.29. The van der Waals surface area contributed by atoms with Crippen LogP contribution in [0.2, 0.25) is 0 Å². The second-order valence-electron chi connectivity index (χ2n) is 19.0. The summed E-state index contributed by atoms with van der Waals surface area (Å²) in [7, 11) is 0. The highest BCUT2D eigenvalue weighted by atomic mass is 16.7. The molecule has 1 rings (SSSR count). The monoisotopic (exact) mass is 942 g/mol. The summed E-state index contributed by atoms with van der Waals surface area (Å²) >= 11 is 0. The Labute approximate surface area is 410 Å². The minimum absolute atomic E-state index is 0.196. The van der Waals surface area contributed by atoms with E-state index in [9.17, 15) is 30.3 Å². The Morgan fingerprint density at radius 2 is 0.940 bits per heavy atom. The van der Waals surface area contributed by atoms with Crippen molar-refractivity contribution in [3.8, 4) is 0 Å². The predicted octanol–water partition coefficient (Wildman–Crippen LogP) is 13.3. The van der Waals surface area contributed by atoms with Gasteiger partial charge < -0.3 is 40.3 Å². The lowest BCUT2D eigenvalue weighted by Crippen LogP contribution is -2.60. The fourth-order valence-corrected chi connectivity index (χ4v) is 8.40. The van der Waals surface area contributed by atoms with Crippen molar-refractivity contribution in [2.24, 2.45) is 0 Å². The van der Waals surface area contributed by atoms with Gasteiger partial charge in [-0.05, 0) is 70.6 Å². The summed E-state index contributed by atoms with van der Waals surface area (Å²) in [6.45, 7) is 3.66. The van der Waals surface area contributed by atoms with E-state index < -0.39 is 49.5 Å². The van der Waals surface area contributed by atoms with E-state index in [4.69, 9.17) is 9.47 Å². The van der Waals surface area contributed by atoms with Crippen LogP contribution in [0.5, 0.6) is 0 Å². The fourth-order valence-electron chi connectivity index (χ4n) is 8.40. The van der Waals surface area contributed by atoms with Gasteiger partial charge in [-0.1, -0.05) is 228 Å². The van der Waals surface area contributed by atoms with E-state index >= 15 is 0 Å². The molecule has 1 aliphatic rings. The zero-order chi connectivity index (χ0) is 48.7. The first-order chi connectivity index (χ1) is 32.8. The molecule has 1 fully saturated rings. The van der Waals surface area contributed by atoms with Crippen molar-refractivity contribution in [2.75, 3.05) is 13.2 Å². The van der Waals surface area contributed by atoms with E-state index in [0.29, 0.717) is 6.42 Å². The van der Waals surface area contributed by atoms with E-state index in [-0.39, 0.29) is 12.5 Å². The van der Waals surface area contributed by atoms with Crippen molar-refractivity contribution in [2.45, 2.75) is 275 Å². The van der Waals surface area contributed by atoms with Crippen LogP contribution < -0.4 is 5.32 Å². The lowest BCUT2D eigenvalue weighted by Gasteiger charge is -2.40. The van der Waals surface area contributed by atoms with Crippen molar-refractivity contribution in [3.63, 3.8) is 0 Å². The van der Waals surface area contributed by atoms with Gasteiger partial charge in [0.1, 0.15) is 24.4 Å². The summed E-state index contributed by atoms with van der Waals surface area (Å²) in [5, 5.41) is 54.4.